The van der Waals surface area contributed by atoms with Crippen molar-refractivity contribution in [2.75, 3.05) is 13.7 Å². The summed E-state index contributed by atoms with van der Waals surface area (Å²) < 4.78 is 5.09. The number of benzene rings is 1. The molecule has 2 N–H and O–H groups in total. The standard InChI is InChI=1S/C12H17NO2/c1-8-6-10(13-7-8)9-4-3-5-11(15-2)12(9)14/h3-5,8,10,13-14H,6-7H2,1-2H3/t8-,10-/m1/s1. The lowest BCUT2D eigenvalue weighted by molar-refractivity contribution is 0.367. The first-order chi connectivity index (χ1) is 7.22. The monoisotopic (exact) mass is 207 g/mol. The van der Waals surface area contributed by atoms with Crippen molar-refractivity contribution in [3.8, 4) is 11.5 Å². The van der Waals surface area contributed by atoms with Crippen LogP contribution in [0.5, 0.6) is 11.5 Å². The van der Waals surface area contributed by atoms with Crippen LogP contribution in [-0.2, 0) is 0 Å². The molecule has 0 amide bonds. The van der Waals surface area contributed by atoms with E-state index in [1.165, 1.54) is 0 Å². The molecule has 1 aromatic rings. The van der Waals surface area contributed by atoms with Crippen LogP contribution >= 0.6 is 0 Å². The van der Waals surface area contributed by atoms with Gasteiger partial charge in [-0.25, -0.2) is 0 Å². The van der Waals surface area contributed by atoms with Gasteiger partial charge in [-0.05, 0) is 24.9 Å². The Morgan fingerprint density at radius 2 is 2.27 bits per heavy atom. The van der Waals surface area contributed by atoms with E-state index in [-0.39, 0.29) is 11.8 Å². The summed E-state index contributed by atoms with van der Waals surface area (Å²) in [5, 5.41) is 13.4. The highest BCUT2D eigenvalue weighted by molar-refractivity contribution is 5.47. The summed E-state index contributed by atoms with van der Waals surface area (Å²) in [4.78, 5) is 0. The molecule has 3 heteroatoms. The quantitative estimate of drug-likeness (QED) is 0.780. The van der Waals surface area contributed by atoms with Crippen LogP contribution < -0.4 is 10.1 Å². The zero-order valence-corrected chi connectivity index (χ0v) is 9.16. The van der Waals surface area contributed by atoms with E-state index in [9.17, 15) is 5.11 Å². The zero-order chi connectivity index (χ0) is 10.8. The molecule has 0 unspecified atom stereocenters. The first kappa shape index (κ1) is 10.3. The van der Waals surface area contributed by atoms with Crippen molar-refractivity contribution in [3.05, 3.63) is 23.8 Å². The summed E-state index contributed by atoms with van der Waals surface area (Å²) >= 11 is 0. The summed E-state index contributed by atoms with van der Waals surface area (Å²) in [5.74, 6) is 1.49. The van der Waals surface area contributed by atoms with Gasteiger partial charge in [-0.3, -0.25) is 0 Å². The van der Waals surface area contributed by atoms with Gasteiger partial charge in [0.15, 0.2) is 11.5 Å². The molecule has 0 radical (unpaired) electrons. The highest BCUT2D eigenvalue weighted by Crippen LogP contribution is 2.37. The minimum atomic E-state index is 0.259. The van der Waals surface area contributed by atoms with Crippen molar-refractivity contribution in [2.45, 2.75) is 19.4 Å². The molecule has 2 atom stereocenters. The van der Waals surface area contributed by atoms with Gasteiger partial charge in [-0.15, -0.1) is 0 Å². The van der Waals surface area contributed by atoms with Gasteiger partial charge in [0.1, 0.15) is 0 Å². The maximum Gasteiger partial charge on any atom is 0.162 e. The SMILES string of the molecule is COc1cccc([C@H]2C[C@@H](C)CN2)c1O. The van der Waals surface area contributed by atoms with Crippen molar-refractivity contribution >= 4 is 0 Å². The van der Waals surface area contributed by atoms with E-state index in [1.54, 1.807) is 13.2 Å². The zero-order valence-electron chi connectivity index (χ0n) is 9.16. The topological polar surface area (TPSA) is 41.5 Å². The predicted molar refractivity (Wildman–Crippen MR) is 59.2 cm³/mol. The third-order valence-electron chi connectivity index (χ3n) is 2.98. The Hall–Kier alpha value is -1.22. The van der Waals surface area contributed by atoms with Crippen molar-refractivity contribution in [1.29, 1.82) is 0 Å². The van der Waals surface area contributed by atoms with Crippen molar-refractivity contribution in [2.24, 2.45) is 5.92 Å². The minimum absolute atomic E-state index is 0.259. The van der Waals surface area contributed by atoms with Crippen LogP contribution in [0.2, 0.25) is 0 Å². The van der Waals surface area contributed by atoms with Crippen LogP contribution in [0.4, 0.5) is 0 Å². The molecule has 1 aromatic carbocycles. The molecular formula is C12H17NO2. The maximum absolute atomic E-state index is 9.97. The van der Waals surface area contributed by atoms with Crippen LogP contribution in [-0.4, -0.2) is 18.8 Å². The van der Waals surface area contributed by atoms with Crippen molar-refractivity contribution in [3.63, 3.8) is 0 Å². The number of hydrogen-bond acceptors (Lipinski definition) is 3. The molecule has 0 aliphatic carbocycles. The molecule has 0 spiro atoms. The summed E-state index contributed by atoms with van der Waals surface area (Å²) in [7, 11) is 1.57. The van der Waals surface area contributed by atoms with Gasteiger partial charge in [0.25, 0.3) is 0 Å². The number of phenolic OH excluding ortho intramolecular Hbond substituents is 1. The average molecular weight is 207 g/mol. The second-order valence-corrected chi connectivity index (χ2v) is 4.20. The Labute approximate surface area is 90.1 Å². The van der Waals surface area contributed by atoms with Crippen molar-refractivity contribution in [1.82, 2.24) is 5.32 Å². The van der Waals surface area contributed by atoms with Crippen LogP contribution in [0.1, 0.15) is 24.9 Å². The largest absolute Gasteiger partial charge is 0.504 e. The third kappa shape index (κ3) is 1.92. The lowest BCUT2D eigenvalue weighted by Crippen LogP contribution is -2.13. The molecule has 0 saturated carbocycles. The number of rotatable bonds is 2. The molecular weight excluding hydrogens is 190 g/mol. The number of nitrogens with one attached hydrogen (secondary N) is 1. The number of hydrogen-bond donors (Lipinski definition) is 2. The molecule has 3 nitrogen and oxygen atoms in total. The highest BCUT2D eigenvalue weighted by atomic mass is 16.5. The van der Waals surface area contributed by atoms with E-state index in [4.69, 9.17) is 4.74 Å². The van der Waals surface area contributed by atoms with Crippen molar-refractivity contribution < 1.29 is 9.84 Å². The second-order valence-electron chi connectivity index (χ2n) is 4.20. The van der Waals surface area contributed by atoms with Crippen LogP contribution in [0.15, 0.2) is 18.2 Å². The number of para-hydroxylation sites is 1. The van der Waals surface area contributed by atoms with Gasteiger partial charge in [0.2, 0.25) is 0 Å². The number of methoxy groups -OCH3 is 1. The summed E-state index contributed by atoms with van der Waals surface area (Å²) in [6, 6.07) is 5.90. The molecule has 0 bridgehead atoms. The molecule has 1 saturated heterocycles. The van der Waals surface area contributed by atoms with E-state index in [0.29, 0.717) is 11.7 Å². The fourth-order valence-corrected chi connectivity index (χ4v) is 2.13. The summed E-state index contributed by atoms with van der Waals surface area (Å²) in [6.07, 6.45) is 1.07. The molecule has 0 aromatic heterocycles. The van der Waals surface area contributed by atoms with Gasteiger partial charge < -0.3 is 15.2 Å². The number of aromatic hydroxyl groups is 1. The molecule has 1 aliphatic rings. The fourth-order valence-electron chi connectivity index (χ4n) is 2.13. The van der Waals surface area contributed by atoms with E-state index < -0.39 is 0 Å². The van der Waals surface area contributed by atoms with E-state index in [0.717, 1.165) is 18.5 Å². The van der Waals surface area contributed by atoms with Gasteiger partial charge in [0, 0.05) is 11.6 Å². The summed E-state index contributed by atoms with van der Waals surface area (Å²) in [5.41, 5.74) is 0.943. The molecule has 1 fully saturated rings. The molecule has 82 valence electrons. The molecule has 1 heterocycles. The van der Waals surface area contributed by atoms with Gasteiger partial charge in [-0.1, -0.05) is 19.1 Å². The number of phenols is 1. The number of ether oxygens (including phenoxy) is 1. The lowest BCUT2D eigenvalue weighted by Gasteiger charge is -2.14. The van der Waals surface area contributed by atoms with Gasteiger partial charge in [-0.2, -0.15) is 0 Å². The van der Waals surface area contributed by atoms with Gasteiger partial charge >= 0.3 is 0 Å². The average Bonchev–Trinajstić information content (AvgIpc) is 2.65. The first-order valence-corrected chi connectivity index (χ1v) is 5.31. The van der Waals surface area contributed by atoms with Crippen LogP contribution in [0, 0.1) is 5.92 Å². The predicted octanol–water partition coefficient (Wildman–Crippen LogP) is 2.07. The van der Waals surface area contributed by atoms with Crippen LogP contribution in [0.3, 0.4) is 0 Å². The van der Waals surface area contributed by atoms with Crippen LogP contribution in [0.25, 0.3) is 0 Å². The molecule has 2 rings (SSSR count). The fraction of sp³-hybridized carbons (Fsp3) is 0.500. The van der Waals surface area contributed by atoms with E-state index in [1.807, 2.05) is 12.1 Å². The third-order valence-corrected chi connectivity index (χ3v) is 2.98. The Morgan fingerprint density at radius 3 is 2.87 bits per heavy atom. The maximum atomic E-state index is 9.97. The lowest BCUT2D eigenvalue weighted by atomic mass is 10.0. The Balaban J connectivity index is 2.28. The Morgan fingerprint density at radius 1 is 1.47 bits per heavy atom. The normalized spacial score (nSPS) is 25.5. The highest BCUT2D eigenvalue weighted by Gasteiger charge is 2.25. The van der Waals surface area contributed by atoms with E-state index in [2.05, 4.69) is 12.2 Å². The van der Waals surface area contributed by atoms with Gasteiger partial charge in [0.05, 0.1) is 7.11 Å². The summed E-state index contributed by atoms with van der Waals surface area (Å²) in [6.45, 7) is 3.23. The molecule has 15 heavy (non-hydrogen) atoms. The Kier molecular flexibility index (Phi) is 2.82. The second kappa shape index (κ2) is 4.11. The van der Waals surface area contributed by atoms with E-state index >= 15 is 0 Å². The minimum Gasteiger partial charge on any atom is -0.504 e. The Bertz CT molecular complexity index is 351. The smallest absolute Gasteiger partial charge is 0.162 e. The first-order valence-electron chi connectivity index (χ1n) is 5.31. The molecule has 1 aliphatic heterocycles.